The summed E-state index contributed by atoms with van der Waals surface area (Å²) in [5.41, 5.74) is 15.9. The van der Waals surface area contributed by atoms with E-state index in [1.54, 1.807) is 13.8 Å². The Kier molecular flexibility index (Phi) is 10.1. The molecule has 0 spiro atoms. The second-order valence-corrected chi connectivity index (χ2v) is 5.47. The van der Waals surface area contributed by atoms with Gasteiger partial charge < -0.3 is 27.0 Å². The molecule has 0 aromatic rings. The highest BCUT2D eigenvalue weighted by atomic mass is 16.5. The molecule has 0 aromatic heterocycles. The first-order valence-electron chi connectivity index (χ1n) is 7.69. The number of esters is 1. The van der Waals surface area contributed by atoms with E-state index in [1.165, 1.54) is 0 Å². The van der Waals surface area contributed by atoms with Gasteiger partial charge in [-0.3, -0.25) is 14.6 Å². The lowest BCUT2D eigenvalue weighted by molar-refractivity contribution is -0.149. The largest absolute Gasteiger partial charge is 0.465 e. The molecule has 1 fully saturated rings. The zero-order valence-electron chi connectivity index (χ0n) is 14.1. The molecule has 1 heterocycles. The summed E-state index contributed by atoms with van der Waals surface area (Å²) in [6, 6.07) is -0.596. The van der Waals surface area contributed by atoms with Crippen LogP contribution in [0.5, 0.6) is 0 Å². The van der Waals surface area contributed by atoms with Crippen molar-refractivity contribution in [2.45, 2.75) is 51.7 Å². The third kappa shape index (κ3) is 9.62. The van der Waals surface area contributed by atoms with E-state index in [-0.39, 0.29) is 23.9 Å². The van der Waals surface area contributed by atoms with Crippen LogP contribution >= 0.6 is 0 Å². The smallest absolute Gasteiger partial charge is 0.414 e. The minimum absolute atomic E-state index is 0.0494. The van der Waals surface area contributed by atoms with Gasteiger partial charge in [0.1, 0.15) is 6.04 Å². The molecule has 1 atom stereocenters. The minimum atomic E-state index is -1.13. The molecular formula is C14H27N5O5. The van der Waals surface area contributed by atoms with Crippen LogP contribution in [0.25, 0.3) is 0 Å². The molecule has 10 nitrogen and oxygen atoms in total. The number of nitrogens with zero attached hydrogens (tertiary/aromatic N) is 2. The molecule has 1 aliphatic rings. The van der Waals surface area contributed by atoms with Crippen LogP contribution in [0.15, 0.2) is 4.99 Å². The first-order chi connectivity index (χ1) is 11.1. The Labute approximate surface area is 141 Å². The first-order valence-corrected chi connectivity index (χ1v) is 7.69. The van der Waals surface area contributed by atoms with Gasteiger partial charge in [-0.25, -0.2) is 9.69 Å². The lowest BCUT2D eigenvalue weighted by Gasteiger charge is -2.13. The Morgan fingerprint density at radius 3 is 2.38 bits per heavy atom. The molecule has 2 amide bonds. The number of amides is 2. The molecule has 0 aromatic carbocycles. The van der Waals surface area contributed by atoms with E-state index < -0.39 is 12.1 Å². The van der Waals surface area contributed by atoms with Gasteiger partial charge in [0.15, 0.2) is 5.96 Å². The van der Waals surface area contributed by atoms with E-state index in [9.17, 15) is 14.4 Å². The van der Waals surface area contributed by atoms with Crippen molar-refractivity contribution in [2.24, 2.45) is 22.2 Å². The topological polar surface area (TPSA) is 174 Å². The van der Waals surface area contributed by atoms with Crippen molar-refractivity contribution >= 4 is 23.9 Å². The third-order valence-corrected chi connectivity index (χ3v) is 2.93. The van der Waals surface area contributed by atoms with Crippen molar-refractivity contribution in [3.8, 4) is 0 Å². The number of aliphatic imine (C=N–C) groups is 1. The number of imide groups is 1. The van der Waals surface area contributed by atoms with Crippen molar-refractivity contribution in [3.05, 3.63) is 0 Å². The van der Waals surface area contributed by atoms with Gasteiger partial charge in [-0.15, -0.1) is 0 Å². The fourth-order valence-electron chi connectivity index (χ4n) is 1.81. The Morgan fingerprint density at radius 1 is 1.38 bits per heavy atom. The van der Waals surface area contributed by atoms with Crippen molar-refractivity contribution < 1.29 is 24.2 Å². The number of guanidine groups is 1. The summed E-state index contributed by atoms with van der Waals surface area (Å²) >= 11 is 0. The fraction of sp³-hybridized carbons (Fsp3) is 0.714. The van der Waals surface area contributed by atoms with E-state index in [4.69, 9.17) is 27.0 Å². The summed E-state index contributed by atoms with van der Waals surface area (Å²) in [5, 5.41) is 8.29. The predicted octanol–water partition coefficient (Wildman–Crippen LogP) is -0.394. The Morgan fingerprint density at radius 2 is 2.00 bits per heavy atom. The van der Waals surface area contributed by atoms with E-state index in [2.05, 4.69) is 4.99 Å². The maximum Gasteiger partial charge on any atom is 0.414 e. The molecule has 138 valence electrons. The maximum absolute atomic E-state index is 11.2. The summed E-state index contributed by atoms with van der Waals surface area (Å²) in [6.07, 6.45) is 0.963. The Bertz CT molecular complexity index is 462. The SMILES string of the molecule is CC(C)OC(=O)[C@@H](N)CCCN=C(N)N.O=C(O)N1CCCC1=O. The monoisotopic (exact) mass is 345 g/mol. The van der Waals surface area contributed by atoms with Crippen LogP contribution < -0.4 is 17.2 Å². The highest BCUT2D eigenvalue weighted by Crippen LogP contribution is 2.08. The zero-order chi connectivity index (χ0) is 18.7. The number of likely N-dealkylation sites (tertiary alicyclic amines) is 1. The highest BCUT2D eigenvalue weighted by Gasteiger charge is 2.25. The van der Waals surface area contributed by atoms with Gasteiger partial charge in [-0.1, -0.05) is 0 Å². The molecule has 24 heavy (non-hydrogen) atoms. The van der Waals surface area contributed by atoms with Gasteiger partial charge in [0.25, 0.3) is 0 Å². The second kappa shape index (κ2) is 11.2. The fourth-order valence-corrected chi connectivity index (χ4v) is 1.81. The van der Waals surface area contributed by atoms with Crippen molar-refractivity contribution in [1.29, 1.82) is 0 Å². The van der Waals surface area contributed by atoms with Crippen LogP contribution in [0.4, 0.5) is 4.79 Å². The van der Waals surface area contributed by atoms with Gasteiger partial charge in [0, 0.05) is 19.5 Å². The number of nitrogens with two attached hydrogens (primary N) is 3. The average molecular weight is 345 g/mol. The van der Waals surface area contributed by atoms with Crippen molar-refractivity contribution in [1.82, 2.24) is 4.90 Å². The van der Waals surface area contributed by atoms with E-state index >= 15 is 0 Å². The summed E-state index contributed by atoms with van der Waals surface area (Å²) in [4.78, 5) is 36.6. The van der Waals surface area contributed by atoms with Crippen LogP contribution in [0.1, 0.15) is 39.5 Å². The lowest BCUT2D eigenvalue weighted by atomic mass is 10.2. The molecule has 7 N–H and O–H groups in total. The van der Waals surface area contributed by atoms with E-state index in [0.29, 0.717) is 38.8 Å². The number of carbonyl (C=O) groups is 3. The molecule has 0 aliphatic carbocycles. The summed E-state index contributed by atoms with van der Waals surface area (Å²) < 4.78 is 4.94. The van der Waals surface area contributed by atoms with E-state index in [0.717, 1.165) is 4.90 Å². The van der Waals surface area contributed by atoms with Crippen LogP contribution in [0, 0.1) is 0 Å². The molecule has 0 bridgehead atoms. The van der Waals surface area contributed by atoms with Crippen molar-refractivity contribution in [2.75, 3.05) is 13.1 Å². The molecule has 0 saturated carbocycles. The van der Waals surface area contributed by atoms with Gasteiger partial charge in [-0.2, -0.15) is 0 Å². The van der Waals surface area contributed by atoms with Crippen LogP contribution in [0.2, 0.25) is 0 Å². The van der Waals surface area contributed by atoms with Gasteiger partial charge in [-0.05, 0) is 33.1 Å². The molecule has 0 radical (unpaired) electrons. The lowest BCUT2D eigenvalue weighted by Crippen LogP contribution is -2.34. The van der Waals surface area contributed by atoms with E-state index in [1.807, 2.05) is 0 Å². The number of hydrogen-bond donors (Lipinski definition) is 4. The summed E-state index contributed by atoms with van der Waals surface area (Å²) in [7, 11) is 0. The highest BCUT2D eigenvalue weighted by molar-refractivity contribution is 5.92. The van der Waals surface area contributed by atoms with Gasteiger partial charge in [0.2, 0.25) is 5.91 Å². The number of carbonyl (C=O) groups excluding carboxylic acids is 2. The third-order valence-electron chi connectivity index (χ3n) is 2.93. The Hall–Kier alpha value is -2.36. The maximum atomic E-state index is 11.2. The predicted molar refractivity (Wildman–Crippen MR) is 88.1 cm³/mol. The molecule has 1 rings (SSSR count). The molecular weight excluding hydrogens is 318 g/mol. The van der Waals surface area contributed by atoms with Crippen LogP contribution in [-0.4, -0.2) is 59.2 Å². The number of ether oxygens (including phenoxy) is 1. The average Bonchev–Trinajstić information content (AvgIpc) is 2.89. The van der Waals surface area contributed by atoms with Crippen LogP contribution in [0.3, 0.4) is 0 Å². The molecule has 1 aliphatic heterocycles. The standard InChI is InChI=1S/C9H20N4O2.C5H7NO3/c1-6(2)15-8(14)7(10)4-3-5-13-9(11)12;7-4-2-1-3-6(4)5(8)9/h6-7H,3-5,10H2,1-2H3,(H4,11,12,13);1-3H2,(H,8,9)/t7-;/m0./s1. The molecule has 0 unspecified atom stereocenters. The van der Waals surface area contributed by atoms with Crippen molar-refractivity contribution in [3.63, 3.8) is 0 Å². The number of carboxylic acid groups (broad SMARTS) is 1. The van der Waals surface area contributed by atoms with Crippen LogP contribution in [-0.2, 0) is 14.3 Å². The van der Waals surface area contributed by atoms with Gasteiger partial charge >= 0.3 is 12.1 Å². The molecule has 10 heteroatoms. The molecule has 1 saturated heterocycles. The summed E-state index contributed by atoms with van der Waals surface area (Å²) in [5.74, 6) is -0.606. The van der Waals surface area contributed by atoms with Gasteiger partial charge in [0.05, 0.1) is 6.10 Å². The minimum Gasteiger partial charge on any atom is -0.465 e. The normalized spacial score (nSPS) is 14.7. The Balaban J connectivity index is 0.000000496. The second-order valence-electron chi connectivity index (χ2n) is 5.47. The first kappa shape index (κ1) is 21.6. The quantitative estimate of drug-likeness (QED) is 0.218. The number of rotatable bonds is 6. The summed E-state index contributed by atoms with van der Waals surface area (Å²) in [6.45, 7) is 4.41. The number of hydrogen-bond acceptors (Lipinski definition) is 6. The zero-order valence-corrected chi connectivity index (χ0v) is 14.1.